The Balaban J connectivity index is 1.81. The minimum absolute atomic E-state index is 0.264. The zero-order chi connectivity index (χ0) is 22.5. The number of para-hydroxylation sites is 1. The molecule has 2 amide bonds. The molecule has 2 fully saturated rings. The van der Waals surface area contributed by atoms with Crippen LogP contribution in [-0.4, -0.2) is 30.9 Å². The number of anilines is 1. The highest BCUT2D eigenvalue weighted by molar-refractivity contribution is 9.10. The number of halogens is 1. The first-order valence-electron chi connectivity index (χ1n) is 10.2. The van der Waals surface area contributed by atoms with Crippen molar-refractivity contribution in [3.8, 4) is 0 Å². The molecule has 162 valence electrons. The lowest BCUT2D eigenvalue weighted by Crippen LogP contribution is -2.44. The summed E-state index contributed by atoms with van der Waals surface area (Å²) < 4.78 is 5.86. The molecule has 2 aromatic carbocycles. The Morgan fingerprint density at radius 1 is 1.00 bits per heavy atom. The molecule has 2 saturated heterocycles. The Kier molecular flexibility index (Phi) is 5.52. The number of rotatable bonds is 3. The smallest absolute Gasteiger partial charge is 0.323 e. The lowest BCUT2D eigenvalue weighted by atomic mass is 9.85. The lowest BCUT2D eigenvalue weighted by Gasteiger charge is -2.28. The maximum atomic E-state index is 13.7. The molecule has 7 heteroatoms. The number of carbonyl (C=O) groups is 3. The van der Waals surface area contributed by atoms with Crippen molar-refractivity contribution in [1.82, 2.24) is 5.32 Å². The van der Waals surface area contributed by atoms with E-state index in [0.717, 1.165) is 15.6 Å². The number of esters is 1. The minimum Gasteiger partial charge on any atom is -0.468 e. The molecule has 0 aliphatic carbocycles. The summed E-state index contributed by atoms with van der Waals surface area (Å²) in [4.78, 5) is 41.1. The third kappa shape index (κ3) is 3.59. The molecule has 1 N–H and O–H groups in total. The van der Waals surface area contributed by atoms with Crippen LogP contribution in [0.2, 0.25) is 0 Å². The van der Waals surface area contributed by atoms with E-state index in [9.17, 15) is 14.4 Å². The maximum absolute atomic E-state index is 13.7. The predicted molar refractivity (Wildman–Crippen MR) is 120 cm³/mol. The van der Waals surface area contributed by atoms with Crippen LogP contribution in [0.4, 0.5) is 5.69 Å². The van der Waals surface area contributed by atoms with Gasteiger partial charge in [-0.3, -0.25) is 19.7 Å². The van der Waals surface area contributed by atoms with E-state index in [2.05, 4.69) is 21.2 Å². The van der Waals surface area contributed by atoms with Gasteiger partial charge in [0.25, 0.3) is 0 Å². The molecule has 4 atom stereocenters. The summed E-state index contributed by atoms with van der Waals surface area (Å²) >= 11 is 3.42. The van der Waals surface area contributed by atoms with Gasteiger partial charge in [0.15, 0.2) is 0 Å². The summed E-state index contributed by atoms with van der Waals surface area (Å²) in [6.07, 6.45) is 0. The van der Waals surface area contributed by atoms with Crippen LogP contribution in [-0.2, 0) is 24.5 Å². The molecule has 2 aliphatic rings. The standard InChI is InChI=1S/C24H25BrN2O4/c1-24(2,3)15-7-5-6-8-16(15)27-21(28)17-18(22(27)29)20(23(30)31-4)26-19(17)13-9-11-14(25)12-10-13/h5-12,17-20,26H,1-4H3/t17-,18+,19-,20-/m1/s1. The molecule has 2 aromatic rings. The first kappa shape index (κ1) is 21.7. The number of hydrogen-bond acceptors (Lipinski definition) is 5. The molecular formula is C24H25BrN2O4. The first-order valence-corrected chi connectivity index (χ1v) is 11.0. The zero-order valence-electron chi connectivity index (χ0n) is 17.9. The van der Waals surface area contributed by atoms with E-state index in [4.69, 9.17) is 4.74 Å². The lowest BCUT2D eigenvalue weighted by molar-refractivity contribution is -0.145. The number of ether oxygens (including phenoxy) is 1. The quantitative estimate of drug-likeness (QED) is 0.530. The monoisotopic (exact) mass is 484 g/mol. The van der Waals surface area contributed by atoms with Crippen LogP contribution in [0, 0.1) is 11.8 Å². The Bertz CT molecular complexity index is 1040. The number of nitrogens with one attached hydrogen (secondary N) is 1. The van der Waals surface area contributed by atoms with Gasteiger partial charge < -0.3 is 4.74 Å². The summed E-state index contributed by atoms with van der Waals surface area (Å²) in [7, 11) is 1.29. The van der Waals surface area contributed by atoms with Gasteiger partial charge in [-0.1, -0.05) is 67.0 Å². The second kappa shape index (κ2) is 7.88. The van der Waals surface area contributed by atoms with Gasteiger partial charge in [-0.05, 0) is 34.7 Å². The van der Waals surface area contributed by atoms with E-state index >= 15 is 0 Å². The summed E-state index contributed by atoms with van der Waals surface area (Å²) in [5, 5.41) is 3.20. The number of methoxy groups -OCH3 is 1. The number of carbonyl (C=O) groups excluding carboxylic acids is 3. The first-order chi connectivity index (χ1) is 14.6. The van der Waals surface area contributed by atoms with Crippen LogP contribution in [0.25, 0.3) is 0 Å². The molecular weight excluding hydrogens is 460 g/mol. The molecule has 0 bridgehead atoms. The molecule has 31 heavy (non-hydrogen) atoms. The molecule has 0 unspecified atom stereocenters. The highest BCUT2D eigenvalue weighted by Gasteiger charge is 2.61. The Morgan fingerprint density at radius 3 is 2.23 bits per heavy atom. The van der Waals surface area contributed by atoms with E-state index < -0.39 is 29.9 Å². The number of imide groups is 1. The van der Waals surface area contributed by atoms with Crippen molar-refractivity contribution in [1.29, 1.82) is 0 Å². The van der Waals surface area contributed by atoms with Crippen molar-refractivity contribution in [2.45, 2.75) is 38.3 Å². The van der Waals surface area contributed by atoms with E-state index in [-0.39, 0.29) is 17.2 Å². The van der Waals surface area contributed by atoms with E-state index in [1.807, 2.05) is 63.2 Å². The fourth-order valence-corrected chi connectivity index (χ4v) is 4.93. The molecule has 0 spiro atoms. The third-order valence-corrected chi connectivity index (χ3v) is 6.64. The van der Waals surface area contributed by atoms with E-state index in [0.29, 0.717) is 5.69 Å². The van der Waals surface area contributed by atoms with Crippen molar-refractivity contribution in [3.63, 3.8) is 0 Å². The van der Waals surface area contributed by atoms with Gasteiger partial charge in [0.05, 0.1) is 24.6 Å². The van der Waals surface area contributed by atoms with Crippen LogP contribution >= 0.6 is 15.9 Å². The van der Waals surface area contributed by atoms with Gasteiger partial charge in [0.2, 0.25) is 11.8 Å². The third-order valence-electron chi connectivity index (χ3n) is 6.11. The van der Waals surface area contributed by atoms with Crippen molar-refractivity contribution in [2.75, 3.05) is 12.0 Å². The van der Waals surface area contributed by atoms with Gasteiger partial charge in [0.1, 0.15) is 6.04 Å². The minimum atomic E-state index is -0.883. The number of amides is 2. The molecule has 0 saturated carbocycles. The number of nitrogens with zero attached hydrogens (tertiary/aromatic N) is 1. The molecule has 2 heterocycles. The molecule has 0 radical (unpaired) electrons. The summed E-state index contributed by atoms with van der Waals surface area (Å²) in [5.74, 6) is -2.71. The fraction of sp³-hybridized carbons (Fsp3) is 0.375. The van der Waals surface area contributed by atoms with Crippen LogP contribution in [0.5, 0.6) is 0 Å². The van der Waals surface area contributed by atoms with E-state index in [1.54, 1.807) is 6.07 Å². The highest BCUT2D eigenvalue weighted by atomic mass is 79.9. The molecule has 2 aliphatic heterocycles. The zero-order valence-corrected chi connectivity index (χ0v) is 19.5. The van der Waals surface area contributed by atoms with Crippen LogP contribution < -0.4 is 10.2 Å². The summed E-state index contributed by atoms with van der Waals surface area (Å²) in [6, 6.07) is 13.7. The van der Waals surface area contributed by atoms with Gasteiger partial charge in [-0.25, -0.2) is 4.90 Å². The summed E-state index contributed by atoms with van der Waals surface area (Å²) in [5.41, 5.74) is 2.06. The SMILES string of the molecule is COC(=O)[C@@H]1N[C@H](c2ccc(Br)cc2)[C@@H]2C(=O)N(c3ccccc3C(C)(C)C)C(=O)[C@@H]21. The largest absolute Gasteiger partial charge is 0.468 e. The predicted octanol–water partition coefficient (Wildman–Crippen LogP) is 3.74. The number of hydrogen-bond donors (Lipinski definition) is 1. The maximum Gasteiger partial charge on any atom is 0.323 e. The number of fused-ring (bicyclic) bond motifs is 1. The van der Waals surface area contributed by atoms with Crippen LogP contribution in [0.15, 0.2) is 53.0 Å². The Hall–Kier alpha value is -2.51. The summed E-state index contributed by atoms with van der Waals surface area (Å²) in [6.45, 7) is 6.13. The van der Waals surface area contributed by atoms with Crippen molar-refractivity contribution < 1.29 is 19.1 Å². The molecule has 4 rings (SSSR count). The fourth-order valence-electron chi connectivity index (χ4n) is 4.67. The average Bonchev–Trinajstić information content (AvgIpc) is 3.24. The highest BCUT2D eigenvalue weighted by Crippen LogP contribution is 2.47. The molecule has 0 aromatic heterocycles. The Labute approximate surface area is 190 Å². The normalized spacial score (nSPS) is 25.6. The topological polar surface area (TPSA) is 75.7 Å². The number of benzene rings is 2. The van der Waals surface area contributed by atoms with Crippen molar-refractivity contribution >= 4 is 39.4 Å². The van der Waals surface area contributed by atoms with Gasteiger partial charge in [0, 0.05) is 10.5 Å². The van der Waals surface area contributed by atoms with Gasteiger partial charge in [-0.15, -0.1) is 0 Å². The molecule has 6 nitrogen and oxygen atoms in total. The van der Waals surface area contributed by atoms with E-state index in [1.165, 1.54) is 12.0 Å². The van der Waals surface area contributed by atoms with Gasteiger partial charge >= 0.3 is 5.97 Å². The Morgan fingerprint density at radius 2 is 1.61 bits per heavy atom. The van der Waals surface area contributed by atoms with Crippen molar-refractivity contribution in [3.05, 3.63) is 64.1 Å². The second-order valence-corrected chi connectivity index (χ2v) is 9.94. The average molecular weight is 485 g/mol. The van der Waals surface area contributed by atoms with Crippen LogP contribution in [0.3, 0.4) is 0 Å². The second-order valence-electron chi connectivity index (χ2n) is 9.03. The van der Waals surface area contributed by atoms with Crippen LogP contribution in [0.1, 0.15) is 37.9 Å². The van der Waals surface area contributed by atoms with Crippen molar-refractivity contribution in [2.24, 2.45) is 11.8 Å². The van der Waals surface area contributed by atoms with Gasteiger partial charge in [-0.2, -0.15) is 0 Å².